The second-order valence-corrected chi connectivity index (χ2v) is 7.23. The Bertz CT molecular complexity index is 560. The summed E-state index contributed by atoms with van der Waals surface area (Å²) in [5.74, 6) is 0.721. The van der Waals surface area contributed by atoms with Crippen molar-refractivity contribution in [3.05, 3.63) is 24.3 Å². The third-order valence-electron chi connectivity index (χ3n) is 4.21. The molecule has 1 atom stereocenters. The largest absolute Gasteiger partial charge is 0.497 e. The number of hydrogen-bond acceptors (Lipinski definition) is 4. The zero-order valence-corrected chi connectivity index (χ0v) is 14.4. The summed E-state index contributed by atoms with van der Waals surface area (Å²) in [5.41, 5.74) is -0.808. The van der Waals surface area contributed by atoms with Gasteiger partial charge in [-0.05, 0) is 44.0 Å². The number of aliphatic carboxylic acids is 1. The van der Waals surface area contributed by atoms with Gasteiger partial charge in [0.2, 0.25) is 5.91 Å². The van der Waals surface area contributed by atoms with Gasteiger partial charge in [-0.2, -0.15) is 0 Å². The van der Waals surface area contributed by atoms with Crippen LogP contribution in [0.3, 0.4) is 0 Å². The number of thioether (sulfide) groups is 1. The van der Waals surface area contributed by atoms with E-state index in [-0.39, 0.29) is 5.91 Å². The molecule has 0 saturated carbocycles. The minimum Gasteiger partial charge on any atom is -0.497 e. The molecule has 2 rings (SSSR count). The fourth-order valence-corrected chi connectivity index (χ4v) is 3.55. The first kappa shape index (κ1) is 17.7. The molecule has 23 heavy (non-hydrogen) atoms. The van der Waals surface area contributed by atoms with E-state index in [1.165, 1.54) is 0 Å². The van der Waals surface area contributed by atoms with Crippen molar-refractivity contribution in [1.29, 1.82) is 0 Å². The highest BCUT2D eigenvalue weighted by molar-refractivity contribution is 7.99. The number of nitrogens with zero attached hydrogens (tertiary/aromatic N) is 1. The monoisotopic (exact) mass is 337 g/mol. The normalized spacial score (nSPS) is 21.0. The minimum atomic E-state index is -0.817. The first-order chi connectivity index (χ1) is 10.9. The average molecular weight is 337 g/mol. The number of likely N-dealkylation sites (tertiary alicyclic amines) is 1. The summed E-state index contributed by atoms with van der Waals surface area (Å²) in [6.07, 6.45) is 1.80. The first-order valence-electron chi connectivity index (χ1n) is 7.73. The van der Waals surface area contributed by atoms with Crippen LogP contribution in [0.5, 0.6) is 5.75 Å². The summed E-state index contributed by atoms with van der Waals surface area (Å²) in [5, 5.41) is 9.31. The lowest BCUT2D eigenvalue weighted by Crippen LogP contribution is -2.48. The quantitative estimate of drug-likeness (QED) is 0.809. The number of ether oxygens (including phenoxy) is 1. The van der Waals surface area contributed by atoms with Crippen molar-refractivity contribution >= 4 is 23.6 Å². The molecular weight excluding hydrogens is 314 g/mol. The fourth-order valence-electron chi connectivity index (χ4n) is 2.71. The van der Waals surface area contributed by atoms with Crippen LogP contribution in [0.2, 0.25) is 0 Å². The highest BCUT2D eigenvalue weighted by atomic mass is 32.2. The second kappa shape index (κ2) is 7.73. The van der Waals surface area contributed by atoms with E-state index in [4.69, 9.17) is 4.74 Å². The molecule has 0 aliphatic carbocycles. The van der Waals surface area contributed by atoms with Crippen molar-refractivity contribution in [2.45, 2.75) is 31.1 Å². The van der Waals surface area contributed by atoms with E-state index in [0.717, 1.165) is 17.1 Å². The van der Waals surface area contributed by atoms with Crippen molar-refractivity contribution in [2.24, 2.45) is 5.41 Å². The smallest absolute Gasteiger partial charge is 0.311 e. The number of rotatable bonds is 6. The van der Waals surface area contributed by atoms with E-state index in [9.17, 15) is 14.7 Å². The Balaban J connectivity index is 1.81. The van der Waals surface area contributed by atoms with Crippen LogP contribution in [0.15, 0.2) is 29.2 Å². The number of carboxylic acid groups (broad SMARTS) is 1. The van der Waals surface area contributed by atoms with Crippen LogP contribution in [0, 0.1) is 5.41 Å². The van der Waals surface area contributed by atoms with Gasteiger partial charge in [-0.25, -0.2) is 0 Å². The Morgan fingerprint density at radius 2 is 2.04 bits per heavy atom. The maximum atomic E-state index is 12.3. The van der Waals surface area contributed by atoms with E-state index < -0.39 is 11.4 Å². The third-order valence-corrected chi connectivity index (χ3v) is 5.22. The number of carboxylic acids is 1. The molecule has 1 heterocycles. The average Bonchev–Trinajstić information content (AvgIpc) is 2.55. The molecule has 1 aromatic rings. The molecule has 1 aliphatic rings. The number of carbonyl (C=O) groups excluding carboxylic acids is 1. The number of benzene rings is 1. The lowest BCUT2D eigenvalue weighted by Gasteiger charge is -2.37. The van der Waals surface area contributed by atoms with Gasteiger partial charge in [0.1, 0.15) is 5.75 Å². The summed E-state index contributed by atoms with van der Waals surface area (Å²) >= 11 is 1.62. The Morgan fingerprint density at radius 1 is 1.35 bits per heavy atom. The van der Waals surface area contributed by atoms with Gasteiger partial charge in [-0.3, -0.25) is 9.59 Å². The lowest BCUT2D eigenvalue weighted by molar-refractivity contribution is -0.153. The van der Waals surface area contributed by atoms with Crippen LogP contribution in [0.1, 0.15) is 26.2 Å². The highest BCUT2D eigenvalue weighted by Gasteiger charge is 2.39. The molecular formula is C17H23NO4S. The molecule has 1 aliphatic heterocycles. The van der Waals surface area contributed by atoms with E-state index in [0.29, 0.717) is 31.7 Å². The standard InChI is InChI=1S/C17H23NO4S/c1-17(16(20)21)9-3-10-18(12-17)15(19)8-11-23-14-6-4-13(22-2)5-7-14/h4-7H,3,8-12H2,1-2H3,(H,20,21). The number of piperidine rings is 1. The number of amides is 1. The molecule has 1 aromatic carbocycles. The lowest BCUT2D eigenvalue weighted by atomic mass is 9.82. The van der Waals surface area contributed by atoms with E-state index in [2.05, 4.69) is 0 Å². The molecule has 1 fully saturated rings. The van der Waals surface area contributed by atoms with Crippen molar-refractivity contribution in [1.82, 2.24) is 4.90 Å². The molecule has 6 heteroatoms. The first-order valence-corrected chi connectivity index (χ1v) is 8.71. The molecule has 1 amide bonds. The molecule has 1 N–H and O–H groups in total. The Kier molecular flexibility index (Phi) is 5.93. The van der Waals surface area contributed by atoms with Gasteiger partial charge in [0.15, 0.2) is 0 Å². The van der Waals surface area contributed by atoms with E-state index in [1.807, 2.05) is 24.3 Å². The molecule has 0 bridgehead atoms. The summed E-state index contributed by atoms with van der Waals surface area (Å²) < 4.78 is 5.11. The van der Waals surface area contributed by atoms with Crippen LogP contribution in [-0.2, 0) is 9.59 Å². The topological polar surface area (TPSA) is 66.8 Å². The van der Waals surface area contributed by atoms with Crippen LogP contribution in [0.4, 0.5) is 0 Å². The third kappa shape index (κ3) is 4.64. The van der Waals surface area contributed by atoms with Gasteiger partial charge in [0, 0.05) is 30.2 Å². The van der Waals surface area contributed by atoms with Crippen molar-refractivity contribution in [3.8, 4) is 5.75 Å². The maximum Gasteiger partial charge on any atom is 0.311 e. The predicted molar refractivity (Wildman–Crippen MR) is 89.9 cm³/mol. The Labute approximate surface area is 141 Å². The Morgan fingerprint density at radius 3 is 2.65 bits per heavy atom. The minimum absolute atomic E-state index is 0.0400. The van der Waals surface area contributed by atoms with Gasteiger partial charge in [-0.1, -0.05) is 0 Å². The summed E-state index contributed by atoms with van der Waals surface area (Å²) in [7, 11) is 1.63. The molecule has 126 valence electrons. The van der Waals surface area contributed by atoms with Gasteiger partial charge in [0.05, 0.1) is 12.5 Å². The van der Waals surface area contributed by atoms with Crippen LogP contribution in [0.25, 0.3) is 0 Å². The molecule has 5 nitrogen and oxygen atoms in total. The number of hydrogen-bond donors (Lipinski definition) is 1. The summed E-state index contributed by atoms with van der Waals surface area (Å²) in [6, 6.07) is 7.73. The van der Waals surface area contributed by atoms with E-state index in [1.54, 1.807) is 30.7 Å². The zero-order chi connectivity index (χ0) is 16.9. The summed E-state index contributed by atoms with van der Waals surface area (Å²) in [4.78, 5) is 26.4. The van der Waals surface area contributed by atoms with Crippen LogP contribution < -0.4 is 4.74 Å². The molecule has 0 radical (unpaired) electrons. The highest BCUT2D eigenvalue weighted by Crippen LogP contribution is 2.30. The van der Waals surface area contributed by atoms with Crippen molar-refractivity contribution < 1.29 is 19.4 Å². The molecule has 0 spiro atoms. The predicted octanol–water partition coefficient (Wildman–Crippen LogP) is 2.89. The van der Waals surface area contributed by atoms with Gasteiger partial charge in [0.25, 0.3) is 0 Å². The van der Waals surface area contributed by atoms with Gasteiger partial charge in [-0.15, -0.1) is 11.8 Å². The number of methoxy groups -OCH3 is 1. The second-order valence-electron chi connectivity index (χ2n) is 6.06. The molecule has 1 unspecified atom stereocenters. The Hall–Kier alpha value is -1.69. The summed E-state index contributed by atoms with van der Waals surface area (Å²) in [6.45, 7) is 2.70. The molecule has 1 saturated heterocycles. The van der Waals surface area contributed by atoms with Crippen molar-refractivity contribution in [2.75, 3.05) is 26.0 Å². The van der Waals surface area contributed by atoms with Crippen molar-refractivity contribution in [3.63, 3.8) is 0 Å². The molecule has 0 aromatic heterocycles. The SMILES string of the molecule is COc1ccc(SCCC(=O)N2CCCC(C)(C(=O)O)C2)cc1. The van der Waals surface area contributed by atoms with Crippen LogP contribution in [-0.4, -0.2) is 47.8 Å². The van der Waals surface area contributed by atoms with Gasteiger partial charge >= 0.3 is 5.97 Å². The zero-order valence-electron chi connectivity index (χ0n) is 13.6. The van der Waals surface area contributed by atoms with Gasteiger partial charge < -0.3 is 14.7 Å². The van der Waals surface area contributed by atoms with Crippen LogP contribution >= 0.6 is 11.8 Å². The number of carbonyl (C=O) groups is 2. The maximum absolute atomic E-state index is 12.3. The fraction of sp³-hybridized carbons (Fsp3) is 0.529. The van der Waals surface area contributed by atoms with E-state index >= 15 is 0 Å².